The molecule has 0 amide bonds. The number of hydrogen-bond acceptors (Lipinski definition) is 6. The van der Waals surface area contributed by atoms with E-state index in [9.17, 15) is 13.2 Å². The predicted molar refractivity (Wildman–Crippen MR) is 105 cm³/mol. The third kappa shape index (κ3) is 4.75. The average molecular weight is 405 g/mol. The molecule has 0 saturated carbocycles. The second-order valence-electron chi connectivity index (χ2n) is 6.63. The van der Waals surface area contributed by atoms with E-state index in [0.717, 1.165) is 24.0 Å². The molecular formula is C20H23NO6S. The van der Waals surface area contributed by atoms with Crippen LogP contribution in [0.3, 0.4) is 0 Å². The van der Waals surface area contributed by atoms with Crippen LogP contribution in [0.2, 0.25) is 0 Å². The van der Waals surface area contributed by atoms with Gasteiger partial charge in [-0.1, -0.05) is 12.1 Å². The molecule has 0 bridgehead atoms. The van der Waals surface area contributed by atoms with Crippen molar-refractivity contribution in [1.82, 2.24) is 0 Å². The van der Waals surface area contributed by atoms with Gasteiger partial charge in [-0.25, -0.2) is 13.2 Å². The largest absolute Gasteiger partial charge is 0.493 e. The molecule has 0 saturated heterocycles. The van der Waals surface area contributed by atoms with Crippen molar-refractivity contribution in [3.8, 4) is 11.5 Å². The molecule has 0 aliphatic carbocycles. The molecule has 1 aliphatic heterocycles. The van der Waals surface area contributed by atoms with Gasteiger partial charge in [-0.3, -0.25) is 4.72 Å². The van der Waals surface area contributed by atoms with Crippen molar-refractivity contribution in [3.63, 3.8) is 0 Å². The molecule has 1 heterocycles. The van der Waals surface area contributed by atoms with Gasteiger partial charge in [0.05, 0.1) is 24.1 Å². The minimum absolute atomic E-state index is 0.0214. The predicted octanol–water partition coefficient (Wildman–Crippen LogP) is 3.14. The molecule has 0 aromatic heterocycles. The summed E-state index contributed by atoms with van der Waals surface area (Å²) in [4.78, 5) is 12.6. The van der Waals surface area contributed by atoms with Crippen LogP contribution < -0.4 is 14.2 Å². The number of anilines is 1. The van der Waals surface area contributed by atoms with Crippen molar-refractivity contribution in [2.45, 2.75) is 33.0 Å². The minimum Gasteiger partial charge on any atom is -0.493 e. The van der Waals surface area contributed by atoms with Gasteiger partial charge >= 0.3 is 5.97 Å². The number of carbonyl (C=O) groups is 1. The summed E-state index contributed by atoms with van der Waals surface area (Å²) in [5.41, 5.74) is 2.06. The van der Waals surface area contributed by atoms with Gasteiger partial charge in [0.15, 0.2) is 0 Å². The van der Waals surface area contributed by atoms with Crippen molar-refractivity contribution in [2.75, 3.05) is 17.6 Å². The molecule has 2 aromatic rings. The molecule has 2 aromatic carbocycles. The Morgan fingerprint density at radius 1 is 1.29 bits per heavy atom. The number of ether oxygens (including phenoxy) is 3. The molecule has 7 nitrogen and oxygen atoms in total. The molecule has 1 atom stereocenters. The molecule has 8 heteroatoms. The van der Waals surface area contributed by atoms with Crippen LogP contribution in [0.15, 0.2) is 36.4 Å². The first-order chi connectivity index (χ1) is 13.3. The molecule has 0 fully saturated rings. The van der Waals surface area contributed by atoms with Gasteiger partial charge in [-0.15, -0.1) is 0 Å². The van der Waals surface area contributed by atoms with Gasteiger partial charge in [0, 0.05) is 17.5 Å². The third-order valence-electron chi connectivity index (χ3n) is 4.18. The monoisotopic (exact) mass is 405 g/mol. The van der Waals surface area contributed by atoms with Crippen LogP contribution in [0.4, 0.5) is 5.69 Å². The maximum atomic E-state index is 12.6. The summed E-state index contributed by atoms with van der Waals surface area (Å²) in [6.07, 6.45) is 1.92. The molecule has 0 spiro atoms. The lowest BCUT2D eigenvalue weighted by atomic mass is 10.1. The van der Waals surface area contributed by atoms with Crippen molar-refractivity contribution in [1.29, 1.82) is 0 Å². The normalized spacial score (nSPS) is 15.5. The van der Waals surface area contributed by atoms with Crippen LogP contribution >= 0.6 is 0 Å². The zero-order valence-corrected chi connectivity index (χ0v) is 16.8. The van der Waals surface area contributed by atoms with E-state index in [1.54, 1.807) is 12.1 Å². The maximum Gasteiger partial charge on any atom is 0.340 e. The molecule has 0 unspecified atom stereocenters. The number of carbonyl (C=O) groups excluding carboxylic acids is 1. The van der Waals surface area contributed by atoms with E-state index in [2.05, 4.69) is 4.72 Å². The Balaban J connectivity index is 1.79. The van der Waals surface area contributed by atoms with Gasteiger partial charge in [-0.2, -0.15) is 0 Å². The van der Waals surface area contributed by atoms with Gasteiger partial charge in [0.25, 0.3) is 0 Å². The van der Waals surface area contributed by atoms with E-state index in [1.165, 1.54) is 12.1 Å². The maximum absolute atomic E-state index is 12.6. The lowest BCUT2D eigenvalue weighted by molar-refractivity contribution is 0.0470. The molecule has 3 rings (SSSR count). The Morgan fingerprint density at radius 2 is 2.04 bits per heavy atom. The highest BCUT2D eigenvalue weighted by Gasteiger charge is 2.23. The van der Waals surface area contributed by atoms with Crippen molar-refractivity contribution >= 4 is 21.7 Å². The molecule has 150 valence electrons. The average Bonchev–Trinajstić information content (AvgIpc) is 2.97. The van der Waals surface area contributed by atoms with Crippen LogP contribution in [0.1, 0.15) is 35.3 Å². The number of benzene rings is 2. The number of para-hydroxylation sites is 1. The van der Waals surface area contributed by atoms with Crippen LogP contribution in [-0.2, 0) is 27.8 Å². The Labute approximate surface area is 164 Å². The highest BCUT2D eigenvalue weighted by Crippen LogP contribution is 2.35. The third-order valence-corrected chi connectivity index (χ3v) is 4.77. The van der Waals surface area contributed by atoms with Crippen LogP contribution in [0, 0.1) is 0 Å². The summed E-state index contributed by atoms with van der Waals surface area (Å²) in [7, 11) is -3.52. The van der Waals surface area contributed by atoms with Gasteiger partial charge in [-0.05, 0) is 38.1 Å². The molecule has 28 heavy (non-hydrogen) atoms. The lowest BCUT2D eigenvalue weighted by Gasteiger charge is -2.14. The SMILES string of the molecule is CCOc1cc2c(cc1COC(=O)c1ccccc1NS(C)(=O)=O)O[C@H](C)C2. The molecule has 0 radical (unpaired) electrons. The number of rotatable bonds is 7. The zero-order valence-electron chi connectivity index (χ0n) is 16.0. The molecular weight excluding hydrogens is 382 g/mol. The van der Waals surface area contributed by atoms with Gasteiger partial charge < -0.3 is 14.2 Å². The highest BCUT2D eigenvalue weighted by molar-refractivity contribution is 7.92. The van der Waals surface area contributed by atoms with Crippen LogP contribution in [-0.4, -0.2) is 33.4 Å². The van der Waals surface area contributed by atoms with Crippen molar-refractivity contribution < 1.29 is 27.4 Å². The Bertz CT molecular complexity index is 986. The van der Waals surface area contributed by atoms with Gasteiger partial charge in [0.2, 0.25) is 10.0 Å². The van der Waals surface area contributed by atoms with E-state index in [-0.39, 0.29) is 24.0 Å². The lowest BCUT2D eigenvalue weighted by Crippen LogP contribution is -2.14. The van der Waals surface area contributed by atoms with Crippen LogP contribution in [0.5, 0.6) is 11.5 Å². The molecule has 1 aliphatic rings. The fourth-order valence-electron chi connectivity index (χ4n) is 3.06. The number of fused-ring (bicyclic) bond motifs is 1. The zero-order chi connectivity index (χ0) is 20.3. The summed E-state index contributed by atoms with van der Waals surface area (Å²) in [5, 5.41) is 0. The number of esters is 1. The first-order valence-electron chi connectivity index (χ1n) is 8.96. The number of hydrogen-bond donors (Lipinski definition) is 1. The topological polar surface area (TPSA) is 90.9 Å². The summed E-state index contributed by atoms with van der Waals surface area (Å²) in [5.74, 6) is 0.777. The Hall–Kier alpha value is -2.74. The summed E-state index contributed by atoms with van der Waals surface area (Å²) < 4.78 is 42.2. The van der Waals surface area contributed by atoms with E-state index >= 15 is 0 Å². The smallest absolute Gasteiger partial charge is 0.340 e. The second kappa shape index (κ2) is 8.10. The summed E-state index contributed by atoms with van der Waals surface area (Å²) in [6.45, 7) is 4.34. The van der Waals surface area contributed by atoms with E-state index in [4.69, 9.17) is 14.2 Å². The highest BCUT2D eigenvalue weighted by atomic mass is 32.2. The van der Waals surface area contributed by atoms with Crippen molar-refractivity contribution in [2.24, 2.45) is 0 Å². The summed E-state index contributed by atoms with van der Waals surface area (Å²) in [6, 6.07) is 10.0. The molecule has 1 N–H and O–H groups in total. The first-order valence-corrected chi connectivity index (χ1v) is 10.8. The van der Waals surface area contributed by atoms with Crippen LogP contribution in [0.25, 0.3) is 0 Å². The fourth-order valence-corrected chi connectivity index (χ4v) is 3.63. The Morgan fingerprint density at radius 3 is 2.75 bits per heavy atom. The van der Waals surface area contributed by atoms with E-state index in [1.807, 2.05) is 26.0 Å². The van der Waals surface area contributed by atoms with E-state index in [0.29, 0.717) is 17.9 Å². The van der Waals surface area contributed by atoms with Crippen molar-refractivity contribution in [3.05, 3.63) is 53.1 Å². The number of sulfonamides is 1. The minimum atomic E-state index is -3.52. The number of nitrogens with one attached hydrogen (secondary N) is 1. The Kier molecular flexibility index (Phi) is 5.79. The fraction of sp³-hybridized carbons (Fsp3) is 0.350. The second-order valence-corrected chi connectivity index (χ2v) is 8.38. The van der Waals surface area contributed by atoms with E-state index < -0.39 is 16.0 Å². The standard InChI is InChI=1S/C20H23NO6S/c1-4-25-18-10-14-9-13(2)27-19(14)11-15(18)12-26-20(22)16-7-5-6-8-17(16)21-28(3,23)24/h5-8,10-11,13,21H,4,9,12H2,1-3H3/t13-/m1/s1. The summed E-state index contributed by atoms with van der Waals surface area (Å²) >= 11 is 0. The van der Waals surface area contributed by atoms with Gasteiger partial charge in [0.1, 0.15) is 24.2 Å². The quantitative estimate of drug-likeness (QED) is 0.712. The first kappa shape index (κ1) is 20.0.